The highest BCUT2D eigenvalue weighted by molar-refractivity contribution is 7.99. The number of amides is 1. The van der Waals surface area contributed by atoms with Crippen molar-refractivity contribution in [3.05, 3.63) is 23.9 Å². The molecule has 1 aromatic heterocycles. The molecule has 1 heterocycles. The van der Waals surface area contributed by atoms with E-state index in [4.69, 9.17) is 0 Å². The summed E-state index contributed by atoms with van der Waals surface area (Å²) in [6.45, 7) is 2.20. The van der Waals surface area contributed by atoms with Gasteiger partial charge in [-0.25, -0.2) is 4.98 Å². The van der Waals surface area contributed by atoms with E-state index in [1.165, 1.54) is 6.42 Å². The number of carbonyl (C=O) groups excluding carboxylic acids is 1. The third kappa shape index (κ3) is 3.90. The van der Waals surface area contributed by atoms with Gasteiger partial charge >= 0.3 is 0 Å². The summed E-state index contributed by atoms with van der Waals surface area (Å²) in [5, 5.41) is 0.713. The van der Waals surface area contributed by atoms with Crippen molar-refractivity contribution in [2.75, 3.05) is 31.8 Å². The summed E-state index contributed by atoms with van der Waals surface area (Å²) >= 11 is 2.02. The van der Waals surface area contributed by atoms with Gasteiger partial charge in [0.1, 0.15) is 5.82 Å². The van der Waals surface area contributed by atoms with E-state index < -0.39 is 0 Å². The summed E-state index contributed by atoms with van der Waals surface area (Å²) in [6, 6.07) is 4.04. The van der Waals surface area contributed by atoms with E-state index in [0.717, 1.165) is 30.0 Å². The molecule has 1 aliphatic carbocycles. The fraction of sp³-hybridized carbons (Fsp3) is 0.625. The van der Waals surface area contributed by atoms with Crippen LogP contribution in [0.15, 0.2) is 18.3 Å². The van der Waals surface area contributed by atoms with E-state index in [0.29, 0.717) is 11.3 Å². The van der Waals surface area contributed by atoms with Crippen molar-refractivity contribution in [3.63, 3.8) is 0 Å². The number of anilines is 1. The first-order valence-electron chi connectivity index (χ1n) is 7.55. The summed E-state index contributed by atoms with van der Waals surface area (Å²) in [4.78, 5) is 20.7. The lowest BCUT2D eigenvalue weighted by Gasteiger charge is -2.25. The van der Waals surface area contributed by atoms with Gasteiger partial charge in [-0.3, -0.25) is 4.79 Å². The minimum atomic E-state index is 0.104. The van der Waals surface area contributed by atoms with Gasteiger partial charge in [0.2, 0.25) is 0 Å². The van der Waals surface area contributed by atoms with Crippen molar-refractivity contribution in [1.82, 2.24) is 9.88 Å². The van der Waals surface area contributed by atoms with Gasteiger partial charge in [0, 0.05) is 44.2 Å². The Morgan fingerprint density at radius 3 is 2.81 bits per heavy atom. The molecule has 2 atom stereocenters. The van der Waals surface area contributed by atoms with Crippen LogP contribution < -0.4 is 4.90 Å². The van der Waals surface area contributed by atoms with Crippen LogP contribution >= 0.6 is 11.8 Å². The summed E-state index contributed by atoms with van der Waals surface area (Å²) in [5.74, 6) is 2.08. The Morgan fingerprint density at radius 2 is 2.14 bits per heavy atom. The second kappa shape index (κ2) is 7.16. The zero-order valence-corrected chi connectivity index (χ0v) is 14.2. The minimum Gasteiger partial charge on any atom is -0.363 e. The molecule has 1 amide bonds. The largest absolute Gasteiger partial charge is 0.363 e. The summed E-state index contributed by atoms with van der Waals surface area (Å²) in [6.07, 6.45) is 5.17. The second-order valence-electron chi connectivity index (χ2n) is 5.76. The highest BCUT2D eigenvalue weighted by Gasteiger charge is 2.30. The number of hydrogen-bond donors (Lipinski definition) is 0. The molecule has 1 fully saturated rings. The third-order valence-corrected chi connectivity index (χ3v) is 5.31. The van der Waals surface area contributed by atoms with Gasteiger partial charge in [-0.2, -0.15) is 11.8 Å². The topological polar surface area (TPSA) is 36.4 Å². The number of aromatic nitrogens is 1. The minimum absolute atomic E-state index is 0.104. The first kappa shape index (κ1) is 16.1. The first-order chi connectivity index (χ1) is 10.0. The standard InChI is InChI=1S/C16H25N3OS/c1-5-21-14-7-6-13(11-14)19(4)16(20)12-8-9-17-15(10-12)18(2)3/h8-10,13-14H,5-7,11H2,1-4H3/t13-,14-/m0/s1. The number of rotatable bonds is 5. The Morgan fingerprint density at radius 1 is 1.38 bits per heavy atom. The fourth-order valence-electron chi connectivity index (χ4n) is 2.82. The summed E-state index contributed by atoms with van der Waals surface area (Å²) in [7, 11) is 5.80. The van der Waals surface area contributed by atoms with E-state index in [1.807, 2.05) is 48.8 Å². The molecular weight excluding hydrogens is 282 g/mol. The number of thioether (sulfide) groups is 1. The lowest BCUT2D eigenvalue weighted by molar-refractivity contribution is 0.0735. The molecule has 4 nitrogen and oxygen atoms in total. The zero-order valence-electron chi connectivity index (χ0n) is 13.4. The lowest BCUT2D eigenvalue weighted by Crippen LogP contribution is -2.35. The zero-order chi connectivity index (χ0) is 15.4. The molecule has 5 heteroatoms. The molecule has 21 heavy (non-hydrogen) atoms. The van der Waals surface area contributed by atoms with Crippen LogP contribution in [0.4, 0.5) is 5.82 Å². The summed E-state index contributed by atoms with van der Waals surface area (Å²) in [5.41, 5.74) is 0.725. The van der Waals surface area contributed by atoms with Crippen molar-refractivity contribution in [1.29, 1.82) is 0 Å². The van der Waals surface area contributed by atoms with Gasteiger partial charge in [-0.1, -0.05) is 6.92 Å². The van der Waals surface area contributed by atoms with Crippen LogP contribution in [0.2, 0.25) is 0 Å². The number of hydrogen-bond acceptors (Lipinski definition) is 4. The first-order valence-corrected chi connectivity index (χ1v) is 8.60. The van der Waals surface area contributed by atoms with Crippen LogP contribution in [0.3, 0.4) is 0 Å². The molecule has 0 spiro atoms. The third-order valence-electron chi connectivity index (χ3n) is 4.08. The molecule has 1 aromatic rings. The number of pyridine rings is 1. The molecular formula is C16H25N3OS. The highest BCUT2D eigenvalue weighted by atomic mass is 32.2. The molecule has 1 aliphatic rings. The quantitative estimate of drug-likeness (QED) is 0.838. The van der Waals surface area contributed by atoms with E-state index in [2.05, 4.69) is 11.9 Å². The normalized spacial score (nSPS) is 21.3. The predicted molar refractivity (Wildman–Crippen MR) is 90.2 cm³/mol. The molecule has 0 radical (unpaired) electrons. The van der Waals surface area contributed by atoms with Gasteiger partial charge in [0.05, 0.1) is 0 Å². The Labute approximate surface area is 131 Å². The molecule has 0 aromatic carbocycles. The fourth-order valence-corrected chi connectivity index (χ4v) is 3.95. The predicted octanol–water partition coefficient (Wildman–Crippen LogP) is 2.89. The van der Waals surface area contributed by atoms with E-state index in [9.17, 15) is 4.79 Å². The number of nitrogens with zero attached hydrogens (tertiary/aromatic N) is 3. The van der Waals surface area contributed by atoms with Gasteiger partial charge < -0.3 is 9.80 Å². The lowest BCUT2D eigenvalue weighted by atomic mass is 10.1. The van der Waals surface area contributed by atoms with E-state index >= 15 is 0 Å². The van der Waals surface area contributed by atoms with Crippen LogP contribution in [0.1, 0.15) is 36.5 Å². The Kier molecular flexibility index (Phi) is 5.51. The Balaban J connectivity index is 2.04. The Hall–Kier alpha value is -1.23. The van der Waals surface area contributed by atoms with Crippen LogP contribution in [0.5, 0.6) is 0 Å². The Bertz CT molecular complexity index is 492. The van der Waals surface area contributed by atoms with E-state index in [1.54, 1.807) is 12.3 Å². The molecule has 0 unspecified atom stereocenters. The molecule has 0 bridgehead atoms. The van der Waals surface area contributed by atoms with Gasteiger partial charge in [-0.05, 0) is 37.1 Å². The van der Waals surface area contributed by atoms with Crippen molar-refractivity contribution in [2.45, 2.75) is 37.5 Å². The SMILES string of the molecule is CCS[C@H]1CC[C@H](N(C)C(=O)c2ccnc(N(C)C)c2)C1. The maximum absolute atomic E-state index is 12.6. The van der Waals surface area contributed by atoms with E-state index in [-0.39, 0.29) is 5.91 Å². The molecule has 0 aliphatic heterocycles. The van der Waals surface area contributed by atoms with Gasteiger partial charge in [0.25, 0.3) is 5.91 Å². The van der Waals surface area contributed by atoms with Gasteiger partial charge in [0.15, 0.2) is 0 Å². The summed E-state index contributed by atoms with van der Waals surface area (Å²) < 4.78 is 0. The molecule has 1 saturated carbocycles. The van der Waals surface area contributed by atoms with Crippen LogP contribution in [0.25, 0.3) is 0 Å². The maximum Gasteiger partial charge on any atom is 0.254 e. The molecule has 0 N–H and O–H groups in total. The highest BCUT2D eigenvalue weighted by Crippen LogP contribution is 2.32. The smallest absolute Gasteiger partial charge is 0.254 e. The van der Waals surface area contributed by atoms with Crippen molar-refractivity contribution >= 4 is 23.5 Å². The maximum atomic E-state index is 12.6. The molecule has 116 valence electrons. The van der Waals surface area contributed by atoms with Crippen molar-refractivity contribution < 1.29 is 4.79 Å². The van der Waals surface area contributed by atoms with Crippen LogP contribution in [-0.2, 0) is 0 Å². The van der Waals surface area contributed by atoms with Crippen molar-refractivity contribution in [2.24, 2.45) is 0 Å². The molecule has 2 rings (SSSR count). The van der Waals surface area contributed by atoms with Crippen LogP contribution in [-0.4, -0.2) is 54.0 Å². The monoisotopic (exact) mass is 307 g/mol. The van der Waals surface area contributed by atoms with Crippen molar-refractivity contribution in [3.8, 4) is 0 Å². The van der Waals surface area contributed by atoms with Gasteiger partial charge in [-0.15, -0.1) is 0 Å². The number of carbonyl (C=O) groups is 1. The second-order valence-corrected chi connectivity index (χ2v) is 7.33. The average Bonchev–Trinajstić information content (AvgIpc) is 2.95. The molecule has 0 saturated heterocycles. The van der Waals surface area contributed by atoms with Crippen LogP contribution in [0, 0.1) is 0 Å². The average molecular weight is 307 g/mol.